The molecule has 3 rings (SSSR count). The van der Waals surface area contributed by atoms with Gasteiger partial charge in [0, 0.05) is 37.6 Å². The van der Waals surface area contributed by atoms with Crippen molar-refractivity contribution in [1.29, 1.82) is 0 Å². The number of nitrogens with zero attached hydrogens (tertiary/aromatic N) is 1. The molecule has 0 bridgehead atoms. The summed E-state index contributed by atoms with van der Waals surface area (Å²) < 4.78 is 5.45. The van der Waals surface area contributed by atoms with Crippen LogP contribution in [0, 0.1) is 0 Å². The summed E-state index contributed by atoms with van der Waals surface area (Å²) in [5, 5.41) is 6.25. The summed E-state index contributed by atoms with van der Waals surface area (Å²) >= 11 is 8.73. The lowest BCUT2D eigenvalue weighted by Crippen LogP contribution is -2.50. The summed E-state index contributed by atoms with van der Waals surface area (Å²) in [5.74, 6) is 0. The van der Waals surface area contributed by atoms with Crippen LogP contribution < -0.4 is 16.4 Å². The van der Waals surface area contributed by atoms with Gasteiger partial charge in [-0.1, -0.05) is 30.4 Å². The summed E-state index contributed by atoms with van der Waals surface area (Å²) in [7, 11) is 0. The fourth-order valence-corrected chi connectivity index (χ4v) is 2.19. The first-order valence-corrected chi connectivity index (χ1v) is 7.45. The molecule has 1 aliphatic rings. The van der Waals surface area contributed by atoms with Gasteiger partial charge in [-0.05, 0) is 12.1 Å². The molecule has 2 aromatic rings. The van der Waals surface area contributed by atoms with Crippen molar-refractivity contribution in [2.75, 3.05) is 26.2 Å². The van der Waals surface area contributed by atoms with Gasteiger partial charge in [0.05, 0.1) is 0 Å². The minimum absolute atomic E-state index is 0.302. The Kier molecular flexibility index (Phi) is 6.19. The summed E-state index contributed by atoms with van der Waals surface area (Å²) in [6.07, 6.45) is 0. The van der Waals surface area contributed by atoms with Crippen LogP contribution in [0.2, 0.25) is 0 Å². The van der Waals surface area contributed by atoms with Crippen molar-refractivity contribution in [3.05, 3.63) is 46.8 Å². The van der Waals surface area contributed by atoms with Gasteiger partial charge in [-0.25, -0.2) is 9.80 Å². The molecule has 1 saturated heterocycles. The smallest absolute Gasteiger partial charge is 0.336 e. The molecule has 5 nitrogen and oxygen atoms in total. The number of para-hydroxylation sites is 1. The Hall–Kier alpha value is -1.41. The van der Waals surface area contributed by atoms with Gasteiger partial charge in [0.2, 0.25) is 0 Å². The molecule has 1 fully saturated rings. The maximum absolute atomic E-state index is 10.7. The first kappa shape index (κ1) is 16.0. The van der Waals surface area contributed by atoms with Crippen LogP contribution in [0.25, 0.3) is 11.0 Å². The van der Waals surface area contributed by atoms with Gasteiger partial charge in [-0.15, -0.1) is 12.6 Å². The van der Waals surface area contributed by atoms with Crippen molar-refractivity contribution in [2.24, 2.45) is 0 Å². The Morgan fingerprint density at radius 1 is 1.24 bits per heavy atom. The predicted octanol–water partition coefficient (Wildman–Crippen LogP) is 1.40. The standard InChI is InChI=1S/C9H6O2.C5H11N3S2/c10-9-6-5-7-3-1-2-4-8(7)11-9;9-5(10)7-8-3-1-6-2-4-8/h1-6H;6H,1-4H2,(H2,7,9,10). The Balaban J connectivity index is 0.000000155. The van der Waals surface area contributed by atoms with Crippen LogP contribution in [-0.2, 0) is 0 Å². The molecular weight excluding hydrogens is 306 g/mol. The number of thiocarbonyl (C=S) groups is 1. The van der Waals surface area contributed by atoms with E-state index < -0.39 is 0 Å². The highest BCUT2D eigenvalue weighted by Gasteiger charge is 2.07. The number of thiol groups is 1. The van der Waals surface area contributed by atoms with E-state index in [1.54, 1.807) is 12.1 Å². The number of hydrogen-bond acceptors (Lipinski definition) is 5. The third-order valence-corrected chi connectivity index (χ3v) is 3.09. The summed E-state index contributed by atoms with van der Waals surface area (Å²) in [4.78, 5) is 10.7. The van der Waals surface area contributed by atoms with Crippen molar-refractivity contribution in [3.63, 3.8) is 0 Å². The normalized spacial score (nSPS) is 15.1. The highest BCUT2D eigenvalue weighted by molar-refractivity contribution is 8.11. The second kappa shape index (κ2) is 8.14. The molecule has 0 atom stereocenters. The first-order valence-electron chi connectivity index (χ1n) is 6.59. The van der Waals surface area contributed by atoms with E-state index in [0.717, 1.165) is 31.6 Å². The lowest BCUT2D eigenvalue weighted by atomic mass is 10.2. The molecule has 0 radical (unpaired) electrons. The number of hydrazine groups is 1. The Bertz CT molecular complexity index is 654. The molecule has 2 N–H and O–H groups in total. The number of piperazine rings is 1. The van der Waals surface area contributed by atoms with Gasteiger partial charge in [0.15, 0.2) is 0 Å². The molecule has 0 saturated carbocycles. The molecule has 1 aliphatic heterocycles. The van der Waals surface area contributed by atoms with Crippen LogP contribution in [0.4, 0.5) is 0 Å². The molecule has 0 spiro atoms. The lowest BCUT2D eigenvalue weighted by Gasteiger charge is -2.27. The van der Waals surface area contributed by atoms with E-state index in [0.29, 0.717) is 9.90 Å². The van der Waals surface area contributed by atoms with E-state index >= 15 is 0 Å². The topological polar surface area (TPSA) is 57.5 Å². The quantitative estimate of drug-likeness (QED) is 0.419. The van der Waals surface area contributed by atoms with Gasteiger partial charge in [-0.3, -0.25) is 0 Å². The third-order valence-electron chi connectivity index (χ3n) is 2.90. The Morgan fingerprint density at radius 2 is 1.95 bits per heavy atom. The minimum atomic E-state index is -0.302. The second-order valence-electron chi connectivity index (χ2n) is 4.45. The summed E-state index contributed by atoms with van der Waals surface area (Å²) in [6.45, 7) is 4.01. The van der Waals surface area contributed by atoms with Crippen molar-refractivity contribution >= 4 is 40.1 Å². The van der Waals surface area contributed by atoms with E-state index in [1.807, 2.05) is 18.2 Å². The molecule has 1 aromatic carbocycles. The summed E-state index contributed by atoms with van der Waals surface area (Å²) in [5.41, 5.74) is 3.31. The third kappa shape index (κ3) is 5.47. The number of fused-ring (bicyclic) bond motifs is 1. The Morgan fingerprint density at radius 3 is 2.67 bits per heavy atom. The molecule has 7 heteroatoms. The fraction of sp³-hybridized carbons (Fsp3) is 0.286. The van der Waals surface area contributed by atoms with Crippen LogP contribution >= 0.6 is 24.8 Å². The second-order valence-corrected chi connectivity index (χ2v) is 5.60. The van der Waals surface area contributed by atoms with Crippen LogP contribution in [0.1, 0.15) is 0 Å². The number of hydrogen-bond donors (Lipinski definition) is 3. The molecule has 2 heterocycles. The molecule has 0 amide bonds. The van der Waals surface area contributed by atoms with Crippen molar-refractivity contribution in [2.45, 2.75) is 0 Å². The SMILES string of the molecule is O=c1ccc2ccccc2o1.S=C(S)NN1CCNCC1. The van der Waals surface area contributed by atoms with Crippen molar-refractivity contribution in [1.82, 2.24) is 15.8 Å². The molecule has 1 aromatic heterocycles. The minimum Gasteiger partial charge on any atom is -0.423 e. The molecule has 0 unspecified atom stereocenters. The Labute approximate surface area is 133 Å². The van der Waals surface area contributed by atoms with Crippen LogP contribution in [-0.4, -0.2) is 35.5 Å². The molecular formula is C14H17N3O2S2. The van der Waals surface area contributed by atoms with E-state index in [1.165, 1.54) is 6.07 Å². The average molecular weight is 323 g/mol. The van der Waals surface area contributed by atoms with Gasteiger partial charge >= 0.3 is 5.63 Å². The van der Waals surface area contributed by atoms with Crippen LogP contribution in [0.3, 0.4) is 0 Å². The zero-order valence-electron chi connectivity index (χ0n) is 11.4. The fourth-order valence-electron chi connectivity index (χ4n) is 1.92. The van der Waals surface area contributed by atoms with Crippen molar-refractivity contribution < 1.29 is 4.42 Å². The van der Waals surface area contributed by atoms with Gasteiger partial charge in [0.1, 0.15) is 9.90 Å². The number of nitrogens with one attached hydrogen (secondary N) is 2. The first-order chi connectivity index (χ1) is 10.1. The maximum Gasteiger partial charge on any atom is 0.336 e. The zero-order chi connectivity index (χ0) is 15.1. The monoisotopic (exact) mass is 323 g/mol. The highest BCUT2D eigenvalue weighted by atomic mass is 32.1. The van der Waals surface area contributed by atoms with Crippen LogP contribution in [0.5, 0.6) is 0 Å². The van der Waals surface area contributed by atoms with E-state index in [-0.39, 0.29) is 5.63 Å². The number of rotatable bonds is 1. The van der Waals surface area contributed by atoms with E-state index in [9.17, 15) is 4.79 Å². The lowest BCUT2D eigenvalue weighted by molar-refractivity contribution is 0.209. The highest BCUT2D eigenvalue weighted by Crippen LogP contribution is 2.08. The van der Waals surface area contributed by atoms with Gasteiger partial charge < -0.3 is 15.2 Å². The maximum atomic E-state index is 10.7. The van der Waals surface area contributed by atoms with Gasteiger partial charge in [-0.2, -0.15) is 0 Å². The molecule has 21 heavy (non-hydrogen) atoms. The summed E-state index contributed by atoms with van der Waals surface area (Å²) in [6, 6.07) is 10.6. The number of benzene rings is 1. The largest absolute Gasteiger partial charge is 0.423 e. The van der Waals surface area contributed by atoms with Gasteiger partial charge in [0.25, 0.3) is 0 Å². The predicted molar refractivity (Wildman–Crippen MR) is 91.6 cm³/mol. The average Bonchev–Trinajstić information content (AvgIpc) is 2.48. The molecule has 112 valence electrons. The van der Waals surface area contributed by atoms with Crippen molar-refractivity contribution in [3.8, 4) is 0 Å². The van der Waals surface area contributed by atoms with E-state index in [4.69, 9.17) is 16.6 Å². The van der Waals surface area contributed by atoms with E-state index in [2.05, 4.69) is 28.4 Å². The zero-order valence-corrected chi connectivity index (χ0v) is 13.1. The van der Waals surface area contributed by atoms with Crippen LogP contribution in [0.15, 0.2) is 45.6 Å². The molecule has 0 aliphatic carbocycles.